The first kappa shape index (κ1) is 49.5. The average molecular weight is 880 g/mol. The van der Waals surface area contributed by atoms with Crippen LogP contribution in [-0.4, -0.2) is 109 Å². The molecule has 0 N–H and O–H groups in total. The third-order valence-electron chi connectivity index (χ3n) is 8.99. The van der Waals surface area contributed by atoms with Gasteiger partial charge in [0.15, 0.2) is 0 Å². The second-order valence-corrected chi connectivity index (χ2v) is 18.5. The van der Waals surface area contributed by atoms with Gasteiger partial charge < -0.3 is 64.5 Å². The zero-order chi connectivity index (χ0) is 37.9. The summed E-state index contributed by atoms with van der Waals surface area (Å²) in [6.07, 6.45) is 11.1. The molecule has 0 saturated carbocycles. The Morgan fingerprint density at radius 3 is 1.08 bits per heavy atom. The number of benzene rings is 2. The van der Waals surface area contributed by atoms with Crippen molar-refractivity contribution in [1.82, 2.24) is 8.61 Å². The van der Waals surface area contributed by atoms with Crippen LogP contribution >= 0.6 is 0 Å². The Morgan fingerprint density at radius 2 is 0.827 bits per heavy atom. The number of unbranched alkanes of at least 4 members (excludes halogenated alkanes) is 4. The molecule has 299 valence electrons. The van der Waals surface area contributed by atoms with Crippen molar-refractivity contribution in [2.45, 2.75) is 108 Å². The SMILES string of the molecule is CCCC[N+](CCCC)(CCCC)CCCC.O=S(=O)(c1ccc([S-])c([S-])c1)N1CCOCC1.O=S(=O)(c1ccc([S-])c([S-])c1)N1CCOCC1.[Ni+3]. The van der Waals surface area contributed by atoms with Crippen molar-refractivity contribution in [3.8, 4) is 0 Å². The first-order valence-corrected chi connectivity index (χ1v) is 22.8. The predicted molar refractivity (Wildman–Crippen MR) is 214 cm³/mol. The Hall–Kier alpha value is -0.486. The van der Waals surface area contributed by atoms with Crippen LogP contribution in [-0.2, 0) is 96.5 Å². The molecule has 16 heteroatoms. The van der Waals surface area contributed by atoms with Gasteiger partial charge in [0.2, 0.25) is 20.0 Å². The second kappa shape index (κ2) is 25.6. The first-order chi connectivity index (χ1) is 24.3. The molecule has 9 nitrogen and oxygen atoms in total. The maximum Gasteiger partial charge on any atom is 3.00 e. The minimum Gasteiger partial charge on any atom is -0.781 e. The van der Waals surface area contributed by atoms with Crippen molar-refractivity contribution in [2.75, 3.05) is 78.8 Å². The number of quaternary nitrogens is 1. The number of morpholine rings is 2. The number of hydrogen-bond acceptors (Lipinski definition) is 10. The number of ether oxygens (including phenoxy) is 2. The molecule has 2 aromatic carbocycles. The van der Waals surface area contributed by atoms with Crippen molar-refractivity contribution in [3.05, 3.63) is 36.4 Å². The van der Waals surface area contributed by atoms with Crippen LogP contribution in [0.4, 0.5) is 0 Å². The van der Waals surface area contributed by atoms with E-state index < -0.39 is 20.0 Å². The standard InChI is InChI=1S/C16H36N.2C10H13NO3S3.Ni/c1-5-9-13-17(14-10-6-2,15-11-7-3)16-12-8-4;2*12-17(13,11-3-5-14-6-4-11)8-1-2-9(15)10(16)7-8;/h5-16H2,1-4H3;2*1-2,7,15-16H,3-6H2;/q+1;;;+3/p-4. The van der Waals surface area contributed by atoms with Crippen LogP contribution < -0.4 is 0 Å². The zero-order valence-corrected chi connectivity index (χ0v) is 37.0. The molecule has 2 saturated heterocycles. The molecule has 0 aliphatic carbocycles. The van der Waals surface area contributed by atoms with E-state index >= 15 is 0 Å². The molecule has 2 aliphatic heterocycles. The largest absolute Gasteiger partial charge is 3.00 e. The van der Waals surface area contributed by atoms with Gasteiger partial charge in [-0.15, -0.1) is 0 Å². The molecule has 0 unspecified atom stereocenters. The summed E-state index contributed by atoms with van der Waals surface area (Å²) in [6.45, 7) is 18.3. The summed E-state index contributed by atoms with van der Waals surface area (Å²) in [5.74, 6) is 0. The van der Waals surface area contributed by atoms with Gasteiger partial charge in [-0.2, -0.15) is 28.2 Å². The molecule has 2 fully saturated rings. The fraction of sp³-hybridized carbons (Fsp3) is 0.667. The van der Waals surface area contributed by atoms with E-state index in [2.05, 4.69) is 27.7 Å². The number of hydrogen-bond donors (Lipinski definition) is 0. The van der Waals surface area contributed by atoms with E-state index in [1.165, 1.54) is 115 Å². The van der Waals surface area contributed by atoms with Crippen molar-refractivity contribution in [3.63, 3.8) is 0 Å². The number of rotatable bonds is 16. The molecule has 1 radical (unpaired) electrons. The molecule has 0 amide bonds. The van der Waals surface area contributed by atoms with Gasteiger partial charge >= 0.3 is 16.5 Å². The summed E-state index contributed by atoms with van der Waals surface area (Å²) in [4.78, 5) is 2.21. The number of sulfonamides is 2. The van der Waals surface area contributed by atoms with Crippen LogP contribution in [0.25, 0.3) is 0 Å². The Bertz CT molecular complexity index is 1390. The quantitative estimate of drug-likeness (QED) is 0.113. The molecule has 2 aliphatic rings. The first-order valence-electron chi connectivity index (χ1n) is 18.2. The minimum absolute atomic E-state index is 0. The zero-order valence-electron chi connectivity index (χ0n) is 31.2. The maximum absolute atomic E-state index is 12.2. The van der Waals surface area contributed by atoms with Gasteiger partial charge in [-0.05, 0) is 37.8 Å². The van der Waals surface area contributed by atoms with Gasteiger partial charge in [-0.1, -0.05) is 77.6 Å². The molecule has 52 heavy (non-hydrogen) atoms. The summed E-state index contributed by atoms with van der Waals surface area (Å²) in [7, 11) is -6.92. The van der Waals surface area contributed by atoms with Gasteiger partial charge in [0, 0.05) is 26.2 Å². The van der Waals surface area contributed by atoms with Gasteiger partial charge in [0.25, 0.3) is 0 Å². The van der Waals surface area contributed by atoms with Gasteiger partial charge in [0.1, 0.15) is 0 Å². The van der Waals surface area contributed by atoms with Gasteiger partial charge in [-0.3, -0.25) is 0 Å². The van der Waals surface area contributed by atoms with Gasteiger partial charge in [-0.25, -0.2) is 16.8 Å². The summed E-state index contributed by atoms with van der Waals surface area (Å²) in [5.41, 5.74) is 0. The van der Waals surface area contributed by atoms with Crippen LogP contribution in [0.15, 0.2) is 65.8 Å². The molecule has 2 aromatic rings. The molecule has 4 rings (SSSR count). The van der Waals surface area contributed by atoms with Crippen LogP contribution in [0, 0.1) is 0 Å². The van der Waals surface area contributed by atoms with Crippen LogP contribution in [0.2, 0.25) is 0 Å². The third kappa shape index (κ3) is 15.9. The monoisotopic (exact) mass is 878 g/mol. The fourth-order valence-corrected chi connectivity index (χ4v) is 9.48. The Kier molecular flexibility index (Phi) is 24.4. The molecule has 2 heterocycles. The number of nitrogens with zero attached hydrogens (tertiary/aromatic N) is 3. The van der Waals surface area contributed by atoms with E-state index in [4.69, 9.17) is 60.0 Å². The van der Waals surface area contributed by atoms with E-state index in [0.29, 0.717) is 72.2 Å². The molecule has 0 spiro atoms. The molecule has 0 atom stereocenters. The molecular formula is C36H58N3NiO6S6. The molecular weight excluding hydrogens is 822 g/mol. The molecule has 0 bridgehead atoms. The predicted octanol–water partition coefficient (Wildman–Crippen LogP) is 6.04. The van der Waals surface area contributed by atoms with Crippen molar-refractivity contribution in [1.29, 1.82) is 0 Å². The maximum atomic E-state index is 12.2. The second-order valence-electron chi connectivity index (χ2n) is 12.9. The average Bonchev–Trinajstić information content (AvgIpc) is 3.14. The van der Waals surface area contributed by atoms with E-state index in [1.54, 1.807) is 12.1 Å². The third-order valence-corrected chi connectivity index (χ3v) is 14.4. The Morgan fingerprint density at radius 1 is 0.538 bits per heavy atom. The van der Waals surface area contributed by atoms with Crippen LogP contribution in [0.5, 0.6) is 0 Å². The van der Waals surface area contributed by atoms with E-state index in [-0.39, 0.29) is 26.3 Å². The summed E-state index contributed by atoms with van der Waals surface area (Å²) in [6, 6.07) is 9.02. The van der Waals surface area contributed by atoms with E-state index in [1.807, 2.05) is 0 Å². The summed E-state index contributed by atoms with van der Waals surface area (Å²) < 4.78 is 63.5. The normalized spacial score (nSPS) is 15.8. The van der Waals surface area contributed by atoms with Crippen molar-refractivity contribution >= 4 is 70.6 Å². The minimum atomic E-state index is -3.46. The fourth-order valence-electron chi connectivity index (χ4n) is 5.81. The van der Waals surface area contributed by atoms with E-state index in [0.717, 1.165) is 0 Å². The van der Waals surface area contributed by atoms with Crippen molar-refractivity contribution < 1.29 is 47.3 Å². The topological polar surface area (TPSA) is 93.2 Å². The van der Waals surface area contributed by atoms with E-state index in [9.17, 15) is 16.8 Å². The van der Waals surface area contributed by atoms with Crippen LogP contribution in [0.1, 0.15) is 79.1 Å². The Balaban J connectivity index is 0.000000386. The summed E-state index contributed by atoms with van der Waals surface area (Å²) in [5, 5.41) is 0. The smallest absolute Gasteiger partial charge is 0.781 e. The summed E-state index contributed by atoms with van der Waals surface area (Å²) >= 11 is 19.9. The molecule has 0 aromatic heterocycles. The van der Waals surface area contributed by atoms with Crippen LogP contribution in [0.3, 0.4) is 0 Å². The Labute approximate surface area is 347 Å². The van der Waals surface area contributed by atoms with Crippen molar-refractivity contribution in [2.24, 2.45) is 0 Å². The van der Waals surface area contributed by atoms with Gasteiger partial charge in [0.05, 0.1) is 62.4 Å².